The van der Waals surface area contributed by atoms with E-state index in [4.69, 9.17) is 0 Å². The number of hydrogen-bond acceptors (Lipinski definition) is 6. The Labute approximate surface area is 174 Å². The maximum Gasteiger partial charge on any atom is 0.417 e. The van der Waals surface area contributed by atoms with Crippen LogP contribution >= 0.6 is 15.9 Å². The number of halogens is 4. The van der Waals surface area contributed by atoms with Gasteiger partial charge in [0.2, 0.25) is 5.95 Å². The van der Waals surface area contributed by atoms with Crippen molar-refractivity contribution in [2.75, 3.05) is 10.6 Å². The number of anilines is 3. The molecule has 1 aromatic heterocycles. The lowest BCUT2D eigenvalue weighted by Crippen LogP contribution is -2.24. The maximum atomic E-state index is 13.3. The molecule has 3 rings (SSSR count). The number of aryl methyl sites for hydroxylation is 1. The van der Waals surface area contributed by atoms with Gasteiger partial charge >= 0.3 is 6.18 Å². The van der Waals surface area contributed by atoms with Crippen LogP contribution in [0.25, 0.3) is 0 Å². The molecule has 1 aromatic carbocycles. The van der Waals surface area contributed by atoms with E-state index in [-0.39, 0.29) is 33.6 Å². The van der Waals surface area contributed by atoms with Gasteiger partial charge in [-0.1, -0.05) is 0 Å². The van der Waals surface area contributed by atoms with Crippen LogP contribution in [0.1, 0.15) is 36.0 Å². The number of benzene rings is 1. The number of nitrogens with one attached hydrogen (secondary N) is 2. The smallest absolute Gasteiger partial charge is 0.392 e. The summed E-state index contributed by atoms with van der Waals surface area (Å²) in [6.07, 6.45) is -0.396. The molecule has 0 amide bonds. The molecule has 2 aromatic rings. The molecular weight excluding hydrogens is 451 g/mol. The first-order valence-electron chi connectivity index (χ1n) is 9.00. The van der Waals surface area contributed by atoms with E-state index in [2.05, 4.69) is 42.6 Å². The Morgan fingerprint density at radius 1 is 1.34 bits per heavy atom. The number of aliphatic hydroxyl groups excluding tert-OH is 1. The zero-order valence-corrected chi connectivity index (χ0v) is 17.1. The second-order valence-electron chi connectivity index (χ2n) is 6.92. The molecule has 0 bridgehead atoms. The predicted octanol–water partition coefficient (Wildman–Crippen LogP) is 4.91. The predicted molar refractivity (Wildman–Crippen MR) is 105 cm³/mol. The maximum absolute atomic E-state index is 13.3. The van der Waals surface area contributed by atoms with E-state index in [1.807, 2.05) is 6.92 Å². The van der Waals surface area contributed by atoms with Crippen molar-refractivity contribution in [3.8, 4) is 6.07 Å². The second kappa shape index (κ2) is 8.55. The molecule has 3 N–H and O–H groups in total. The number of nitriles is 1. The van der Waals surface area contributed by atoms with Gasteiger partial charge in [-0.25, -0.2) is 4.98 Å². The highest BCUT2D eigenvalue weighted by molar-refractivity contribution is 9.10. The molecule has 154 valence electrons. The van der Waals surface area contributed by atoms with Crippen molar-refractivity contribution in [3.63, 3.8) is 0 Å². The number of rotatable bonds is 5. The van der Waals surface area contributed by atoms with Crippen LogP contribution in [-0.4, -0.2) is 21.1 Å². The van der Waals surface area contributed by atoms with E-state index in [0.29, 0.717) is 5.82 Å². The standard InChI is InChI=1S/C19H19BrF3N5O/c1-10-8-25-18(28-17(10)27-15-4-2-3-11(15)7-24)26-13-5-12(9-29)16(20)14(6-13)19(21,22)23/h5-6,8,11,15,29H,2-4,9H2,1H3,(H2,25,26,27,28). The van der Waals surface area contributed by atoms with Gasteiger partial charge in [-0.15, -0.1) is 0 Å². The topological polar surface area (TPSA) is 93.9 Å². The van der Waals surface area contributed by atoms with Crippen LogP contribution < -0.4 is 10.6 Å². The summed E-state index contributed by atoms with van der Waals surface area (Å²) in [6.45, 7) is 1.26. The molecule has 0 spiro atoms. The fraction of sp³-hybridized carbons (Fsp3) is 0.421. The molecule has 1 heterocycles. The molecule has 6 nitrogen and oxygen atoms in total. The van der Waals surface area contributed by atoms with Crippen LogP contribution in [0.3, 0.4) is 0 Å². The summed E-state index contributed by atoms with van der Waals surface area (Å²) < 4.78 is 39.7. The van der Waals surface area contributed by atoms with Gasteiger partial charge in [0.25, 0.3) is 0 Å². The zero-order valence-electron chi connectivity index (χ0n) is 15.5. The third-order valence-corrected chi connectivity index (χ3v) is 5.79. The Morgan fingerprint density at radius 2 is 2.10 bits per heavy atom. The molecule has 1 aliphatic rings. The summed E-state index contributed by atoms with van der Waals surface area (Å²) in [5.41, 5.74) is 0.0625. The van der Waals surface area contributed by atoms with Crippen LogP contribution in [0.4, 0.5) is 30.6 Å². The highest BCUT2D eigenvalue weighted by atomic mass is 79.9. The normalized spacial score (nSPS) is 19.1. The summed E-state index contributed by atoms with van der Waals surface area (Å²) in [5, 5.41) is 24.7. The van der Waals surface area contributed by atoms with E-state index in [9.17, 15) is 23.5 Å². The average molecular weight is 470 g/mol. The molecule has 1 saturated carbocycles. The minimum absolute atomic E-state index is 0.0213. The lowest BCUT2D eigenvalue weighted by Gasteiger charge is -2.19. The van der Waals surface area contributed by atoms with Crippen LogP contribution in [0.2, 0.25) is 0 Å². The Morgan fingerprint density at radius 3 is 2.76 bits per heavy atom. The highest BCUT2D eigenvalue weighted by Gasteiger charge is 2.34. The monoisotopic (exact) mass is 469 g/mol. The van der Waals surface area contributed by atoms with Gasteiger partial charge in [0.05, 0.1) is 24.2 Å². The molecule has 29 heavy (non-hydrogen) atoms. The Balaban J connectivity index is 1.88. The molecular formula is C19H19BrF3N5O. The van der Waals surface area contributed by atoms with Crippen molar-refractivity contribution in [2.24, 2.45) is 5.92 Å². The first kappa shape index (κ1) is 21.3. The third kappa shape index (κ3) is 4.79. The number of hydrogen-bond donors (Lipinski definition) is 3. The van der Waals surface area contributed by atoms with Crippen LogP contribution in [0.15, 0.2) is 22.8 Å². The molecule has 1 aliphatic carbocycles. The van der Waals surface area contributed by atoms with Crippen molar-refractivity contribution >= 4 is 33.4 Å². The van der Waals surface area contributed by atoms with Crippen LogP contribution in [-0.2, 0) is 12.8 Å². The first-order chi connectivity index (χ1) is 13.7. The van der Waals surface area contributed by atoms with E-state index in [1.165, 1.54) is 6.07 Å². The highest BCUT2D eigenvalue weighted by Crippen LogP contribution is 2.39. The van der Waals surface area contributed by atoms with Gasteiger partial charge in [-0.3, -0.25) is 0 Å². The summed E-state index contributed by atoms with van der Waals surface area (Å²) in [7, 11) is 0. The molecule has 1 fully saturated rings. The number of aliphatic hydroxyl groups is 1. The van der Waals surface area contributed by atoms with E-state index in [1.54, 1.807) is 6.20 Å². The Hall–Kier alpha value is -2.38. The fourth-order valence-corrected chi connectivity index (χ4v) is 3.90. The Kier molecular flexibility index (Phi) is 6.29. The molecule has 0 radical (unpaired) electrons. The van der Waals surface area contributed by atoms with Gasteiger partial charge in [0.15, 0.2) is 0 Å². The van der Waals surface area contributed by atoms with Crippen LogP contribution in [0, 0.1) is 24.2 Å². The number of nitrogens with zero attached hydrogens (tertiary/aromatic N) is 3. The van der Waals surface area contributed by atoms with Crippen LogP contribution in [0.5, 0.6) is 0 Å². The average Bonchev–Trinajstić information content (AvgIpc) is 3.12. The largest absolute Gasteiger partial charge is 0.417 e. The van der Waals surface area contributed by atoms with E-state index in [0.717, 1.165) is 30.9 Å². The first-order valence-corrected chi connectivity index (χ1v) is 9.79. The summed E-state index contributed by atoms with van der Waals surface area (Å²) in [5.74, 6) is 0.544. The summed E-state index contributed by atoms with van der Waals surface area (Å²) in [4.78, 5) is 8.51. The summed E-state index contributed by atoms with van der Waals surface area (Å²) in [6, 6.07) is 4.60. The summed E-state index contributed by atoms with van der Waals surface area (Å²) >= 11 is 2.90. The van der Waals surface area contributed by atoms with Gasteiger partial charge in [0, 0.05) is 28.0 Å². The lowest BCUT2D eigenvalue weighted by atomic mass is 10.1. The van der Waals surface area contributed by atoms with Gasteiger partial charge in [-0.2, -0.15) is 23.4 Å². The number of aromatic nitrogens is 2. The van der Waals surface area contributed by atoms with Crippen molar-refractivity contribution in [2.45, 2.75) is 45.0 Å². The molecule has 10 heteroatoms. The van der Waals surface area contributed by atoms with Gasteiger partial charge < -0.3 is 15.7 Å². The van der Waals surface area contributed by atoms with Crippen molar-refractivity contribution in [3.05, 3.63) is 39.5 Å². The quantitative estimate of drug-likeness (QED) is 0.576. The third-order valence-electron chi connectivity index (χ3n) is 4.86. The van der Waals surface area contributed by atoms with Crippen molar-refractivity contribution in [1.29, 1.82) is 5.26 Å². The van der Waals surface area contributed by atoms with Gasteiger partial charge in [-0.05, 0) is 59.8 Å². The minimum Gasteiger partial charge on any atom is -0.392 e. The van der Waals surface area contributed by atoms with E-state index < -0.39 is 18.3 Å². The SMILES string of the molecule is Cc1cnc(Nc2cc(CO)c(Br)c(C(F)(F)F)c2)nc1NC1CCCC1C#N. The zero-order chi connectivity index (χ0) is 21.2. The van der Waals surface area contributed by atoms with Crippen molar-refractivity contribution < 1.29 is 18.3 Å². The molecule has 2 unspecified atom stereocenters. The lowest BCUT2D eigenvalue weighted by molar-refractivity contribution is -0.138. The Bertz CT molecular complexity index is 945. The molecule has 2 atom stereocenters. The number of alkyl halides is 3. The molecule has 0 aliphatic heterocycles. The van der Waals surface area contributed by atoms with E-state index >= 15 is 0 Å². The minimum atomic E-state index is -4.59. The fourth-order valence-electron chi connectivity index (χ4n) is 3.32. The molecule has 0 saturated heterocycles. The van der Waals surface area contributed by atoms with Crippen molar-refractivity contribution in [1.82, 2.24) is 9.97 Å². The van der Waals surface area contributed by atoms with Gasteiger partial charge in [0.1, 0.15) is 5.82 Å². The second-order valence-corrected chi connectivity index (χ2v) is 7.71.